The van der Waals surface area contributed by atoms with Crippen LogP contribution in [-0.4, -0.2) is 26.3 Å². The van der Waals surface area contributed by atoms with E-state index in [1.165, 1.54) is 43.2 Å². The van der Waals surface area contributed by atoms with Gasteiger partial charge in [-0.15, -0.1) is 10.2 Å². The number of halogens is 3. The minimum atomic E-state index is -0.273. The molecule has 0 atom stereocenters. The molecular weight excluding hydrogens is 532 g/mol. The molecule has 0 spiro atoms. The maximum atomic E-state index is 13.3. The highest BCUT2D eigenvalue weighted by molar-refractivity contribution is 7.98. The molecular formula is C27H28Cl2FN5OS. The predicted molar refractivity (Wildman–Crippen MR) is 144 cm³/mol. The Kier molecular flexibility index (Phi) is 6.84. The molecule has 4 bridgehead atoms. The molecule has 0 aliphatic heterocycles. The summed E-state index contributed by atoms with van der Waals surface area (Å²) in [6.07, 6.45) is 7.25. The molecule has 4 saturated carbocycles. The number of nitrogens with zero attached hydrogens (tertiary/aromatic N) is 3. The average molecular weight is 561 g/mol. The van der Waals surface area contributed by atoms with Crippen molar-refractivity contribution >= 4 is 41.0 Å². The molecule has 0 radical (unpaired) electrons. The Labute approximate surface area is 229 Å². The monoisotopic (exact) mass is 559 g/mol. The highest BCUT2D eigenvalue weighted by Gasteiger charge is 2.51. The van der Waals surface area contributed by atoms with Gasteiger partial charge in [0.15, 0.2) is 11.0 Å². The third kappa shape index (κ3) is 5.33. The third-order valence-electron chi connectivity index (χ3n) is 7.96. The standard InChI is InChI=1S/C27H28Cl2FN5OS/c28-20-3-6-23(22(29)10-20)35-24(33-34-26(35)37-15-16-1-4-21(30)5-2-16)14-31-25(36)32-27-11-17-7-18(12-27)9-19(8-17)13-27/h1-6,10,17-19H,7-9,11-15H2,(H2,31,32,36). The highest BCUT2D eigenvalue weighted by Crippen LogP contribution is 2.55. The maximum absolute atomic E-state index is 13.3. The third-order valence-corrected chi connectivity index (χ3v) is 9.49. The molecule has 4 aliphatic rings. The second-order valence-electron chi connectivity index (χ2n) is 10.8. The van der Waals surface area contributed by atoms with Gasteiger partial charge in [-0.3, -0.25) is 4.57 Å². The largest absolute Gasteiger partial charge is 0.333 e. The first kappa shape index (κ1) is 25.0. The molecule has 2 N–H and O–H groups in total. The Morgan fingerprint density at radius 2 is 1.70 bits per heavy atom. The van der Waals surface area contributed by atoms with Crippen molar-refractivity contribution in [1.29, 1.82) is 0 Å². The van der Waals surface area contributed by atoms with Gasteiger partial charge in [-0.25, -0.2) is 9.18 Å². The van der Waals surface area contributed by atoms with Gasteiger partial charge in [0.25, 0.3) is 0 Å². The maximum Gasteiger partial charge on any atom is 0.315 e. The molecule has 2 aromatic carbocycles. The van der Waals surface area contributed by atoms with Crippen LogP contribution in [0.2, 0.25) is 10.0 Å². The fourth-order valence-corrected chi connectivity index (χ4v) is 8.26. The zero-order valence-electron chi connectivity index (χ0n) is 20.2. The number of thioether (sulfide) groups is 1. The molecule has 4 fully saturated rings. The molecule has 1 aromatic heterocycles. The normalized spacial score (nSPS) is 25.9. The molecule has 10 heteroatoms. The lowest BCUT2D eigenvalue weighted by atomic mass is 9.53. The molecule has 0 unspecified atom stereocenters. The number of carbonyl (C=O) groups excluding carboxylic acids is 1. The number of rotatable bonds is 7. The summed E-state index contributed by atoms with van der Waals surface area (Å²) in [6.45, 7) is 0.196. The van der Waals surface area contributed by atoms with Crippen molar-refractivity contribution in [2.75, 3.05) is 0 Å². The van der Waals surface area contributed by atoms with Crippen LogP contribution in [0.3, 0.4) is 0 Å². The van der Waals surface area contributed by atoms with E-state index in [-0.39, 0.29) is 23.9 Å². The first-order valence-corrected chi connectivity index (χ1v) is 14.4. The second kappa shape index (κ2) is 10.1. The van der Waals surface area contributed by atoms with E-state index < -0.39 is 0 Å². The van der Waals surface area contributed by atoms with Gasteiger partial charge >= 0.3 is 6.03 Å². The van der Waals surface area contributed by atoms with Crippen molar-refractivity contribution in [1.82, 2.24) is 25.4 Å². The van der Waals surface area contributed by atoms with Crippen LogP contribution in [0.15, 0.2) is 47.6 Å². The van der Waals surface area contributed by atoms with Gasteiger partial charge < -0.3 is 10.6 Å². The zero-order valence-corrected chi connectivity index (χ0v) is 22.6. The Balaban J connectivity index is 1.19. The van der Waals surface area contributed by atoms with E-state index >= 15 is 0 Å². The topological polar surface area (TPSA) is 71.8 Å². The van der Waals surface area contributed by atoms with Crippen LogP contribution < -0.4 is 10.6 Å². The van der Waals surface area contributed by atoms with Gasteiger partial charge in [-0.2, -0.15) is 0 Å². The van der Waals surface area contributed by atoms with E-state index in [4.69, 9.17) is 23.2 Å². The van der Waals surface area contributed by atoms with Crippen LogP contribution >= 0.6 is 35.0 Å². The Morgan fingerprint density at radius 1 is 1.03 bits per heavy atom. The molecule has 194 valence electrons. The van der Waals surface area contributed by atoms with Crippen LogP contribution in [0, 0.1) is 23.6 Å². The molecule has 37 heavy (non-hydrogen) atoms. The van der Waals surface area contributed by atoms with E-state index in [1.54, 1.807) is 24.3 Å². The fourth-order valence-electron chi connectivity index (χ4n) is 6.85. The van der Waals surface area contributed by atoms with Crippen molar-refractivity contribution in [2.45, 2.75) is 61.5 Å². The summed E-state index contributed by atoms with van der Waals surface area (Å²) < 4.78 is 15.2. The lowest BCUT2D eigenvalue weighted by molar-refractivity contribution is -0.0135. The van der Waals surface area contributed by atoms with Crippen molar-refractivity contribution in [3.05, 3.63) is 69.7 Å². The number of hydrogen-bond donors (Lipinski definition) is 2. The van der Waals surface area contributed by atoms with E-state index in [0.717, 1.165) is 42.6 Å². The Morgan fingerprint density at radius 3 is 2.35 bits per heavy atom. The first-order valence-electron chi connectivity index (χ1n) is 12.7. The summed E-state index contributed by atoms with van der Waals surface area (Å²) in [5.74, 6) is 3.12. The van der Waals surface area contributed by atoms with Crippen LogP contribution in [0.5, 0.6) is 0 Å². The van der Waals surface area contributed by atoms with Crippen molar-refractivity contribution < 1.29 is 9.18 Å². The Hall–Kier alpha value is -2.29. The number of amides is 2. The fraction of sp³-hybridized carbons (Fsp3) is 0.444. The number of nitrogens with one attached hydrogen (secondary N) is 2. The smallest absolute Gasteiger partial charge is 0.315 e. The molecule has 4 aliphatic carbocycles. The summed E-state index contributed by atoms with van der Waals surface area (Å²) in [5, 5.41) is 16.7. The second-order valence-corrected chi connectivity index (χ2v) is 12.5. The van der Waals surface area contributed by atoms with Gasteiger partial charge in [0.2, 0.25) is 0 Å². The van der Waals surface area contributed by atoms with E-state index in [0.29, 0.717) is 32.5 Å². The summed E-state index contributed by atoms with van der Waals surface area (Å²) in [6, 6.07) is 11.4. The summed E-state index contributed by atoms with van der Waals surface area (Å²) in [4.78, 5) is 13.0. The van der Waals surface area contributed by atoms with Crippen LogP contribution in [0.1, 0.15) is 49.9 Å². The summed E-state index contributed by atoms with van der Waals surface area (Å²) >= 11 is 14.2. The minimum Gasteiger partial charge on any atom is -0.333 e. The average Bonchev–Trinajstić information content (AvgIpc) is 3.24. The molecule has 1 heterocycles. The summed E-state index contributed by atoms with van der Waals surface area (Å²) in [5.41, 5.74) is 1.57. The quantitative estimate of drug-likeness (QED) is 0.313. The van der Waals surface area contributed by atoms with Gasteiger partial charge in [0.1, 0.15) is 5.82 Å². The Bertz CT molecular complexity index is 1280. The van der Waals surface area contributed by atoms with E-state index in [9.17, 15) is 9.18 Å². The van der Waals surface area contributed by atoms with Crippen molar-refractivity contribution in [3.8, 4) is 5.69 Å². The van der Waals surface area contributed by atoms with E-state index in [1.807, 2.05) is 10.6 Å². The van der Waals surface area contributed by atoms with Crippen molar-refractivity contribution in [2.24, 2.45) is 17.8 Å². The minimum absolute atomic E-state index is 0.0673. The highest BCUT2D eigenvalue weighted by atomic mass is 35.5. The van der Waals surface area contributed by atoms with Crippen LogP contribution in [-0.2, 0) is 12.3 Å². The molecule has 2 amide bonds. The molecule has 6 nitrogen and oxygen atoms in total. The SMILES string of the molecule is O=C(NCc1nnc(SCc2ccc(F)cc2)n1-c1ccc(Cl)cc1Cl)NC12CC3CC(CC(C3)C1)C2. The zero-order chi connectivity index (χ0) is 25.6. The van der Waals surface area contributed by atoms with Gasteiger partial charge in [0.05, 0.1) is 17.3 Å². The van der Waals surface area contributed by atoms with Gasteiger partial charge in [-0.05, 0) is 92.2 Å². The number of benzene rings is 2. The first-order chi connectivity index (χ1) is 17.9. The number of aromatic nitrogens is 3. The number of carbonyl (C=O) groups is 1. The predicted octanol–water partition coefficient (Wildman–Crippen LogP) is 6.77. The molecule has 7 rings (SSSR count). The van der Waals surface area contributed by atoms with Crippen LogP contribution in [0.25, 0.3) is 5.69 Å². The van der Waals surface area contributed by atoms with Crippen molar-refractivity contribution in [3.63, 3.8) is 0 Å². The summed E-state index contributed by atoms with van der Waals surface area (Å²) in [7, 11) is 0. The number of hydrogen-bond acceptors (Lipinski definition) is 4. The molecule has 0 saturated heterocycles. The lowest BCUT2D eigenvalue weighted by Crippen LogP contribution is -2.61. The lowest BCUT2D eigenvalue weighted by Gasteiger charge is -2.56. The van der Waals surface area contributed by atoms with Gasteiger partial charge in [0, 0.05) is 16.3 Å². The van der Waals surface area contributed by atoms with E-state index in [2.05, 4.69) is 20.8 Å². The van der Waals surface area contributed by atoms with Crippen LogP contribution in [0.4, 0.5) is 9.18 Å². The molecule has 3 aromatic rings. The van der Waals surface area contributed by atoms with Gasteiger partial charge in [-0.1, -0.05) is 47.1 Å². The number of urea groups is 1.